The Morgan fingerprint density at radius 3 is 2.33 bits per heavy atom. The monoisotopic (exact) mass is 284 g/mol. The van der Waals surface area contributed by atoms with Crippen LogP contribution in [0.3, 0.4) is 0 Å². The average molecular weight is 284 g/mol. The molecule has 0 saturated heterocycles. The Hall–Kier alpha value is -1.68. The number of hydrogen-bond acceptors (Lipinski definition) is 4. The molecule has 0 amide bonds. The normalized spacial score (nSPS) is 22.4. The van der Waals surface area contributed by atoms with Crippen molar-refractivity contribution in [2.24, 2.45) is 0 Å². The molecular weight excluding hydrogens is 260 g/mol. The van der Waals surface area contributed by atoms with Gasteiger partial charge in [0.15, 0.2) is 0 Å². The van der Waals surface area contributed by atoms with Crippen LogP contribution in [0.15, 0.2) is 18.5 Å². The predicted molar refractivity (Wildman–Crippen MR) is 87.7 cm³/mol. The molecule has 21 heavy (non-hydrogen) atoms. The first-order valence-corrected chi connectivity index (χ1v) is 7.83. The van der Waals surface area contributed by atoms with E-state index >= 15 is 0 Å². The third kappa shape index (κ3) is 3.00. The smallest absolute Gasteiger partial charge is 0.137 e. The summed E-state index contributed by atoms with van der Waals surface area (Å²) in [6, 6.07) is 5.55. The molecule has 1 aromatic heterocycles. The second kappa shape index (κ2) is 5.98. The Balaban J connectivity index is 1.83. The Morgan fingerprint density at radius 2 is 1.62 bits per heavy atom. The molecule has 112 valence electrons. The van der Waals surface area contributed by atoms with Gasteiger partial charge < -0.3 is 10.6 Å². The maximum absolute atomic E-state index is 4.47. The number of aryl methyl sites for hydroxylation is 2. The van der Waals surface area contributed by atoms with Gasteiger partial charge in [0.05, 0.1) is 5.52 Å². The molecule has 2 N–H and O–H groups in total. The lowest BCUT2D eigenvalue weighted by molar-refractivity contribution is 0.371. The summed E-state index contributed by atoms with van der Waals surface area (Å²) in [5, 5.41) is 8.15. The maximum Gasteiger partial charge on any atom is 0.137 e. The van der Waals surface area contributed by atoms with Crippen molar-refractivity contribution in [3.05, 3.63) is 29.6 Å². The van der Waals surface area contributed by atoms with Gasteiger partial charge in [0.1, 0.15) is 12.1 Å². The van der Waals surface area contributed by atoms with Crippen LogP contribution in [0.1, 0.15) is 36.8 Å². The Bertz CT molecular complexity index is 630. The van der Waals surface area contributed by atoms with E-state index < -0.39 is 0 Å². The highest BCUT2D eigenvalue weighted by atomic mass is 15.0. The fraction of sp³-hybridized carbons (Fsp3) is 0.529. The number of fused-ring (bicyclic) bond motifs is 1. The summed E-state index contributed by atoms with van der Waals surface area (Å²) in [7, 11) is 2.06. The summed E-state index contributed by atoms with van der Waals surface area (Å²) >= 11 is 0. The van der Waals surface area contributed by atoms with Crippen LogP contribution in [0, 0.1) is 13.8 Å². The van der Waals surface area contributed by atoms with E-state index in [9.17, 15) is 0 Å². The number of anilines is 1. The standard InChI is InChI=1S/C17H24N4/c1-11-8-15-16(9-12(11)2)19-10-20-17(15)21-14-6-4-13(18-3)5-7-14/h8-10,13-14,18H,4-7H2,1-3H3,(H,19,20,21)/t13-,14-. The van der Waals surface area contributed by atoms with Crippen molar-refractivity contribution < 1.29 is 0 Å². The zero-order chi connectivity index (χ0) is 14.8. The highest BCUT2D eigenvalue weighted by Gasteiger charge is 2.20. The first-order valence-electron chi connectivity index (χ1n) is 7.83. The SMILES string of the molecule is CN[C@H]1CC[C@H](Nc2ncnc3cc(C)c(C)cc23)CC1. The molecule has 1 aliphatic rings. The molecule has 0 radical (unpaired) electrons. The van der Waals surface area contributed by atoms with Gasteiger partial charge in [0.25, 0.3) is 0 Å². The fourth-order valence-corrected chi connectivity index (χ4v) is 3.15. The summed E-state index contributed by atoms with van der Waals surface area (Å²) in [6.45, 7) is 4.27. The number of aromatic nitrogens is 2. The molecule has 4 nitrogen and oxygen atoms in total. The van der Waals surface area contributed by atoms with Crippen LogP contribution in [0.25, 0.3) is 10.9 Å². The van der Waals surface area contributed by atoms with Gasteiger partial charge in [-0.25, -0.2) is 9.97 Å². The fourth-order valence-electron chi connectivity index (χ4n) is 3.15. The highest BCUT2D eigenvalue weighted by Crippen LogP contribution is 2.26. The number of rotatable bonds is 3. The van der Waals surface area contributed by atoms with Crippen LogP contribution in [-0.4, -0.2) is 29.1 Å². The predicted octanol–water partition coefficient (Wildman–Crippen LogP) is 3.19. The highest BCUT2D eigenvalue weighted by molar-refractivity contribution is 5.90. The second-order valence-electron chi connectivity index (χ2n) is 6.16. The van der Waals surface area contributed by atoms with Gasteiger partial charge >= 0.3 is 0 Å². The van der Waals surface area contributed by atoms with Crippen LogP contribution in [-0.2, 0) is 0 Å². The lowest BCUT2D eigenvalue weighted by Crippen LogP contribution is -2.35. The molecule has 1 saturated carbocycles. The largest absolute Gasteiger partial charge is 0.367 e. The van der Waals surface area contributed by atoms with E-state index in [-0.39, 0.29) is 0 Å². The van der Waals surface area contributed by atoms with Crippen LogP contribution in [0.2, 0.25) is 0 Å². The second-order valence-corrected chi connectivity index (χ2v) is 6.16. The number of benzene rings is 1. The van der Waals surface area contributed by atoms with Crippen molar-refractivity contribution in [1.82, 2.24) is 15.3 Å². The lowest BCUT2D eigenvalue weighted by Gasteiger charge is -2.29. The minimum absolute atomic E-state index is 0.523. The molecule has 0 atom stereocenters. The zero-order valence-corrected chi connectivity index (χ0v) is 13.1. The third-order valence-corrected chi connectivity index (χ3v) is 4.73. The minimum atomic E-state index is 0.523. The van der Waals surface area contributed by atoms with Gasteiger partial charge in [-0.15, -0.1) is 0 Å². The molecule has 1 aliphatic carbocycles. The summed E-state index contributed by atoms with van der Waals surface area (Å²) in [5.74, 6) is 0.982. The first kappa shape index (κ1) is 14.3. The summed E-state index contributed by atoms with van der Waals surface area (Å²) in [4.78, 5) is 8.87. The van der Waals surface area contributed by atoms with E-state index in [1.54, 1.807) is 6.33 Å². The Morgan fingerprint density at radius 1 is 0.952 bits per heavy atom. The molecule has 4 heteroatoms. The molecule has 0 unspecified atom stereocenters. The molecule has 3 rings (SSSR count). The van der Waals surface area contributed by atoms with Crippen molar-refractivity contribution in [3.63, 3.8) is 0 Å². The number of nitrogens with zero attached hydrogens (tertiary/aromatic N) is 2. The van der Waals surface area contributed by atoms with Gasteiger partial charge in [0, 0.05) is 17.5 Å². The lowest BCUT2D eigenvalue weighted by atomic mass is 9.91. The molecule has 1 aromatic carbocycles. The number of nitrogens with one attached hydrogen (secondary N) is 2. The van der Waals surface area contributed by atoms with Gasteiger partial charge in [-0.3, -0.25) is 0 Å². The van der Waals surface area contributed by atoms with Crippen molar-refractivity contribution in [2.45, 2.75) is 51.6 Å². The van der Waals surface area contributed by atoms with Crippen molar-refractivity contribution in [2.75, 3.05) is 12.4 Å². The zero-order valence-electron chi connectivity index (χ0n) is 13.1. The van der Waals surface area contributed by atoms with E-state index in [0.717, 1.165) is 16.7 Å². The summed E-state index contributed by atoms with van der Waals surface area (Å²) in [6.07, 6.45) is 6.52. The molecule has 0 spiro atoms. The van der Waals surface area contributed by atoms with Gasteiger partial charge in [-0.1, -0.05) is 0 Å². The first-order chi connectivity index (χ1) is 10.2. The van der Waals surface area contributed by atoms with E-state index in [4.69, 9.17) is 0 Å². The van der Waals surface area contributed by atoms with E-state index in [1.807, 2.05) is 0 Å². The van der Waals surface area contributed by atoms with Gasteiger partial charge in [0.2, 0.25) is 0 Å². The maximum atomic E-state index is 4.47. The molecule has 0 bridgehead atoms. The van der Waals surface area contributed by atoms with Crippen molar-refractivity contribution in [3.8, 4) is 0 Å². The molecule has 0 aliphatic heterocycles. The van der Waals surface area contributed by atoms with Crippen molar-refractivity contribution in [1.29, 1.82) is 0 Å². The minimum Gasteiger partial charge on any atom is -0.367 e. The van der Waals surface area contributed by atoms with Gasteiger partial charge in [-0.05, 0) is 69.8 Å². The summed E-state index contributed by atoms with van der Waals surface area (Å²) in [5.41, 5.74) is 3.60. The van der Waals surface area contributed by atoms with E-state index in [2.05, 4.69) is 53.6 Å². The average Bonchev–Trinajstić information content (AvgIpc) is 2.50. The van der Waals surface area contributed by atoms with Crippen molar-refractivity contribution >= 4 is 16.7 Å². The van der Waals surface area contributed by atoms with Crippen LogP contribution >= 0.6 is 0 Å². The van der Waals surface area contributed by atoms with E-state index in [0.29, 0.717) is 12.1 Å². The van der Waals surface area contributed by atoms with Crippen LogP contribution in [0.4, 0.5) is 5.82 Å². The van der Waals surface area contributed by atoms with Crippen LogP contribution < -0.4 is 10.6 Å². The molecule has 2 aromatic rings. The topological polar surface area (TPSA) is 49.8 Å². The summed E-state index contributed by atoms with van der Waals surface area (Å²) < 4.78 is 0. The van der Waals surface area contributed by atoms with Crippen LogP contribution in [0.5, 0.6) is 0 Å². The Kier molecular flexibility index (Phi) is 4.06. The molecule has 1 heterocycles. The number of hydrogen-bond donors (Lipinski definition) is 2. The van der Waals surface area contributed by atoms with Gasteiger partial charge in [-0.2, -0.15) is 0 Å². The third-order valence-electron chi connectivity index (χ3n) is 4.73. The van der Waals surface area contributed by atoms with E-state index in [1.165, 1.54) is 36.8 Å². The molecular formula is C17H24N4. The Labute approximate surface area is 126 Å². The quantitative estimate of drug-likeness (QED) is 0.909. The molecule has 1 fully saturated rings.